The van der Waals surface area contributed by atoms with E-state index in [1.54, 1.807) is 17.0 Å². The predicted molar refractivity (Wildman–Crippen MR) is 167 cm³/mol. The molecule has 2 fully saturated rings. The molecule has 3 aromatic rings. The van der Waals surface area contributed by atoms with Crippen LogP contribution in [0.25, 0.3) is 0 Å². The molecule has 0 aromatic heterocycles. The molecule has 5 rings (SSSR count). The molecule has 0 bridgehead atoms. The van der Waals surface area contributed by atoms with Gasteiger partial charge in [0.05, 0.1) is 31.3 Å². The molecular formula is C35H36F2N2O9. The summed E-state index contributed by atoms with van der Waals surface area (Å²) in [6.07, 6.45) is 0.801. The van der Waals surface area contributed by atoms with E-state index in [-0.39, 0.29) is 31.6 Å². The molecule has 2 saturated heterocycles. The summed E-state index contributed by atoms with van der Waals surface area (Å²) in [4.78, 5) is 50.4. The number of anilines is 1. The van der Waals surface area contributed by atoms with Gasteiger partial charge in [-0.15, -0.1) is 0 Å². The monoisotopic (exact) mass is 666 g/mol. The number of aliphatic carboxylic acids is 2. The van der Waals surface area contributed by atoms with Crippen molar-refractivity contribution in [2.24, 2.45) is 5.92 Å². The van der Waals surface area contributed by atoms with Crippen molar-refractivity contribution in [3.05, 3.63) is 101 Å². The number of carbonyl (C=O) groups is 4. The number of β-lactam (4-membered cyclic amide) rings is 1. The van der Waals surface area contributed by atoms with Gasteiger partial charge in [0.25, 0.3) is 0 Å². The number of amides is 2. The van der Waals surface area contributed by atoms with Gasteiger partial charge in [-0.2, -0.15) is 0 Å². The van der Waals surface area contributed by atoms with Gasteiger partial charge in [-0.3, -0.25) is 19.2 Å². The largest absolute Gasteiger partial charge is 0.480 e. The molecule has 3 N–H and O–H groups in total. The normalized spacial score (nSPS) is 18.8. The zero-order valence-electron chi connectivity index (χ0n) is 26.0. The van der Waals surface area contributed by atoms with E-state index in [1.807, 2.05) is 24.3 Å². The zero-order valence-corrected chi connectivity index (χ0v) is 26.0. The fourth-order valence-corrected chi connectivity index (χ4v) is 6.04. The molecular weight excluding hydrogens is 630 g/mol. The SMILES string of the molecule is O=C(O)CN(CC(=O)O)C(=O)COC1(CCc2ccc(C3[C@@H](CCC(O)c4ccc(F)cc4)C(=O)N3c3ccc(F)cc3)cc2)COC1. The lowest BCUT2D eigenvalue weighted by atomic mass is 9.78. The first kappa shape index (κ1) is 34.6. The van der Waals surface area contributed by atoms with Gasteiger partial charge in [-0.1, -0.05) is 36.4 Å². The van der Waals surface area contributed by atoms with E-state index >= 15 is 0 Å². The number of benzene rings is 3. The van der Waals surface area contributed by atoms with Gasteiger partial charge in [0.1, 0.15) is 36.9 Å². The number of rotatable bonds is 16. The van der Waals surface area contributed by atoms with Crippen LogP contribution in [0.15, 0.2) is 72.8 Å². The molecule has 2 aliphatic rings. The highest BCUT2D eigenvalue weighted by Gasteiger charge is 2.48. The second-order valence-corrected chi connectivity index (χ2v) is 12.1. The first-order valence-electron chi connectivity index (χ1n) is 15.5. The van der Waals surface area contributed by atoms with Crippen LogP contribution in [0, 0.1) is 17.6 Å². The van der Waals surface area contributed by atoms with Gasteiger partial charge < -0.3 is 34.6 Å². The maximum Gasteiger partial charge on any atom is 0.323 e. The highest BCUT2D eigenvalue weighted by atomic mass is 19.1. The van der Waals surface area contributed by atoms with Crippen LogP contribution in [0.4, 0.5) is 14.5 Å². The molecule has 2 unspecified atom stereocenters. The van der Waals surface area contributed by atoms with Crippen LogP contribution < -0.4 is 4.90 Å². The van der Waals surface area contributed by atoms with E-state index in [4.69, 9.17) is 19.7 Å². The Bertz CT molecular complexity index is 1600. The third kappa shape index (κ3) is 8.22. The quantitative estimate of drug-likeness (QED) is 0.193. The molecule has 48 heavy (non-hydrogen) atoms. The van der Waals surface area contributed by atoms with E-state index in [0.717, 1.165) is 11.1 Å². The first-order chi connectivity index (χ1) is 22.9. The van der Waals surface area contributed by atoms with Crippen LogP contribution in [-0.2, 0) is 35.1 Å². The summed E-state index contributed by atoms with van der Waals surface area (Å²) in [5.41, 5.74) is 2.11. The van der Waals surface area contributed by atoms with Crippen molar-refractivity contribution in [2.75, 3.05) is 37.8 Å². The summed E-state index contributed by atoms with van der Waals surface area (Å²) in [6.45, 7) is -1.57. The molecule has 0 saturated carbocycles. The van der Waals surface area contributed by atoms with Crippen molar-refractivity contribution in [1.29, 1.82) is 0 Å². The third-order valence-electron chi connectivity index (χ3n) is 8.75. The molecule has 0 aliphatic carbocycles. The Morgan fingerprint density at radius 1 is 0.917 bits per heavy atom. The second-order valence-electron chi connectivity index (χ2n) is 12.1. The van der Waals surface area contributed by atoms with Crippen LogP contribution in [-0.4, -0.2) is 82.5 Å². The number of nitrogens with zero attached hydrogens (tertiary/aromatic N) is 2. The van der Waals surface area contributed by atoms with Gasteiger partial charge in [-0.25, -0.2) is 8.78 Å². The lowest BCUT2D eigenvalue weighted by molar-refractivity contribution is -0.214. The van der Waals surface area contributed by atoms with Gasteiger partial charge in [0.15, 0.2) is 0 Å². The fourth-order valence-electron chi connectivity index (χ4n) is 6.04. The van der Waals surface area contributed by atoms with E-state index in [0.29, 0.717) is 35.4 Å². The predicted octanol–water partition coefficient (Wildman–Crippen LogP) is 3.90. The number of carboxylic acids is 2. The number of ether oxygens (including phenoxy) is 2. The number of hydrogen-bond donors (Lipinski definition) is 3. The molecule has 13 heteroatoms. The summed E-state index contributed by atoms with van der Waals surface area (Å²) in [5.74, 6) is -4.85. The van der Waals surface area contributed by atoms with Crippen molar-refractivity contribution >= 4 is 29.4 Å². The van der Waals surface area contributed by atoms with Gasteiger partial charge in [0, 0.05) is 5.69 Å². The average molecular weight is 667 g/mol. The van der Waals surface area contributed by atoms with Gasteiger partial charge in [0.2, 0.25) is 11.8 Å². The Kier molecular flexibility index (Phi) is 10.8. The van der Waals surface area contributed by atoms with Crippen molar-refractivity contribution in [2.45, 2.75) is 43.4 Å². The number of carbonyl (C=O) groups excluding carboxylic acids is 2. The summed E-state index contributed by atoms with van der Waals surface area (Å²) >= 11 is 0. The molecule has 2 amide bonds. The van der Waals surface area contributed by atoms with E-state index in [9.17, 15) is 33.1 Å². The lowest BCUT2D eigenvalue weighted by Gasteiger charge is -2.48. The summed E-state index contributed by atoms with van der Waals surface area (Å²) < 4.78 is 38.2. The lowest BCUT2D eigenvalue weighted by Crippen LogP contribution is -2.55. The molecule has 3 atom stereocenters. The Morgan fingerprint density at radius 3 is 2.04 bits per heavy atom. The summed E-state index contributed by atoms with van der Waals surface area (Å²) in [6, 6.07) is 18.6. The smallest absolute Gasteiger partial charge is 0.323 e. The number of hydrogen-bond acceptors (Lipinski definition) is 7. The van der Waals surface area contributed by atoms with Crippen molar-refractivity contribution < 1.29 is 52.8 Å². The van der Waals surface area contributed by atoms with Crippen LogP contribution in [0.2, 0.25) is 0 Å². The van der Waals surface area contributed by atoms with Gasteiger partial charge >= 0.3 is 11.9 Å². The highest BCUT2D eigenvalue weighted by molar-refractivity contribution is 6.03. The molecule has 2 aliphatic heterocycles. The van der Waals surface area contributed by atoms with Gasteiger partial charge in [-0.05, 0) is 78.8 Å². The molecule has 0 radical (unpaired) electrons. The fraction of sp³-hybridized carbons (Fsp3) is 0.371. The van der Waals surface area contributed by atoms with Crippen molar-refractivity contribution in [3.63, 3.8) is 0 Å². The average Bonchev–Trinajstić information content (AvgIpc) is 3.03. The Balaban J connectivity index is 1.24. The maximum atomic E-state index is 13.7. The highest BCUT2D eigenvalue weighted by Crippen LogP contribution is 2.46. The number of aliphatic hydroxyl groups excluding tert-OH is 1. The maximum absolute atomic E-state index is 13.7. The minimum atomic E-state index is -1.34. The molecule has 11 nitrogen and oxygen atoms in total. The minimum Gasteiger partial charge on any atom is -0.480 e. The number of aryl methyl sites for hydroxylation is 1. The van der Waals surface area contributed by atoms with Crippen LogP contribution in [0.5, 0.6) is 0 Å². The Labute approximate surface area is 275 Å². The first-order valence-corrected chi connectivity index (χ1v) is 15.5. The Morgan fingerprint density at radius 2 is 1.50 bits per heavy atom. The molecule has 254 valence electrons. The van der Waals surface area contributed by atoms with Crippen molar-refractivity contribution in [3.8, 4) is 0 Å². The number of halogens is 2. The zero-order chi connectivity index (χ0) is 34.4. The van der Waals surface area contributed by atoms with E-state index in [2.05, 4.69) is 0 Å². The number of aliphatic hydroxyl groups is 1. The Hall–Kier alpha value is -4.72. The molecule has 3 aromatic carbocycles. The van der Waals surface area contributed by atoms with Crippen LogP contribution in [0.3, 0.4) is 0 Å². The third-order valence-corrected chi connectivity index (χ3v) is 8.75. The second kappa shape index (κ2) is 15.0. The molecule has 2 heterocycles. The number of carboxylic acid groups (broad SMARTS) is 2. The van der Waals surface area contributed by atoms with E-state index in [1.165, 1.54) is 36.4 Å². The van der Waals surface area contributed by atoms with Crippen molar-refractivity contribution in [1.82, 2.24) is 4.90 Å². The summed E-state index contributed by atoms with van der Waals surface area (Å²) in [7, 11) is 0. The molecule has 0 spiro atoms. The topological polar surface area (TPSA) is 154 Å². The van der Waals surface area contributed by atoms with Crippen LogP contribution in [0.1, 0.15) is 48.1 Å². The van der Waals surface area contributed by atoms with E-state index < -0.39 is 66.8 Å². The summed E-state index contributed by atoms with van der Waals surface area (Å²) in [5, 5.41) is 28.8. The van der Waals surface area contributed by atoms with Crippen LogP contribution >= 0.6 is 0 Å². The minimum absolute atomic E-state index is 0.147. The standard InChI is InChI=1S/C35H36F2N2O9/c36-25-7-5-23(6-8-25)29(40)14-13-28-33(39(34(28)46)27-11-9-26(37)10-12-27)24-3-1-22(2-4-24)15-16-35(20-47-21-35)48-19-30(41)38(17-31(42)43)18-32(44)45/h1-12,28-29,33,40H,13-21H2,(H,42,43)(H,44,45)/t28-,29?,33?/m1/s1.